The van der Waals surface area contributed by atoms with Gasteiger partial charge in [-0.05, 0) is 30.7 Å². The van der Waals surface area contributed by atoms with Crippen molar-refractivity contribution in [3.63, 3.8) is 0 Å². The Morgan fingerprint density at radius 3 is 2.56 bits per heavy atom. The van der Waals surface area contributed by atoms with Crippen LogP contribution < -0.4 is 10.5 Å². The van der Waals surface area contributed by atoms with Gasteiger partial charge in [-0.25, -0.2) is 19.4 Å². The fraction of sp³-hybridized carbons (Fsp3) is 0.261. The second-order valence-electron chi connectivity index (χ2n) is 8.42. The second-order valence-corrected chi connectivity index (χ2v) is 8.42. The van der Waals surface area contributed by atoms with Crippen LogP contribution in [0.5, 0.6) is 5.75 Å². The maximum Gasteiger partial charge on any atom is 0.261 e. The summed E-state index contributed by atoms with van der Waals surface area (Å²) in [4.78, 5) is 32.1. The standard InChI is InChI=1S/C23H21FN6O2/c1-22(8-14-3-5-16(24)6-4-14)12-23(20(31)30(2)21(25)29-23)17-7-18(28-11-19(17)32-22)15-9-26-13-27-10-15/h3-7,9-11,13H,8,12H2,1-2H3,(H2,25,29)/t22-,23-/m1/s1. The van der Waals surface area contributed by atoms with Gasteiger partial charge in [0, 0.05) is 43.4 Å². The summed E-state index contributed by atoms with van der Waals surface area (Å²) >= 11 is 0. The molecule has 4 heterocycles. The van der Waals surface area contributed by atoms with Crippen molar-refractivity contribution in [2.45, 2.75) is 30.9 Å². The van der Waals surface area contributed by atoms with Gasteiger partial charge in [0.25, 0.3) is 5.91 Å². The number of carbonyl (C=O) groups excluding carboxylic acids is 1. The molecule has 0 saturated carbocycles. The zero-order chi connectivity index (χ0) is 22.5. The highest BCUT2D eigenvalue weighted by Gasteiger charge is 2.56. The maximum atomic E-state index is 13.5. The van der Waals surface area contributed by atoms with Crippen LogP contribution >= 0.6 is 0 Å². The predicted octanol–water partition coefficient (Wildman–Crippen LogP) is 2.44. The molecule has 0 unspecified atom stereocenters. The molecule has 3 aromatic rings. The Hall–Kier alpha value is -3.88. The fourth-order valence-corrected chi connectivity index (χ4v) is 4.50. The Balaban J connectivity index is 1.63. The first-order valence-electron chi connectivity index (χ1n) is 10.1. The molecule has 162 valence electrons. The molecule has 9 heteroatoms. The number of nitrogens with two attached hydrogens (primary N) is 1. The quantitative estimate of drug-likeness (QED) is 0.681. The number of likely N-dealkylation sites (N-methyl/N-ethyl adjacent to an activating group) is 1. The number of amides is 1. The molecule has 5 rings (SSSR count). The Morgan fingerprint density at radius 1 is 1.19 bits per heavy atom. The third-order valence-electron chi connectivity index (χ3n) is 5.95. The summed E-state index contributed by atoms with van der Waals surface area (Å²) in [6, 6.07) is 8.03. The third kappa shape index (κ3) is 3.17. The summed E-state index contributed by atoms with van der Waals surface area (Å²) in [6.07, 6.45) is 7.05. The monoisotopic (exact) mass is 432 g/mol. The van der Waals surface area contributed by atoms with Crippen molar-refractivity contribution < 1.29 is 13.9 Å². The van der Waals surface area contributed by atoms with E-state index in [4.69, 9.17) is 10.5 Å². The van der Waals surface area contributed by atoms with E-state index in [0.29, 0.717) is 29.0 Å². The van der Waals surface area contributed by atoms with Crippen LogP contribution in [-0.2, 0) is 16.8 Å². The van der Waals surface area contributed by atoms with Gasteiger partial charge in [0.05, 0.1) is 11.9 Å². The van der Waals surface area contributed by atoms with Crippen LogP contribution in [0.1, 0.15) is 24.5 Å². The number of halogens is 1. The Kier molecular flexibility index (Phi) is 4.44. The summed E-state index contributed by atoms with van der Waals surface area (Å²) in [5.74, 6) is 0.0678. The third-order valence-corrected chi connectivity index (χ3v) is 5.95. The lowest BCUT2D eigenvalue weighted by molar-refractivity contribution is -0.133. The van der Waals surface area contributed by atoms with E-state index in [1.54, 1.807) is 43.8 Å². The number of rotatable bonds is 3. The molecule has 0 fully saturated rings. The molecule has 1 spiro atoms. The van der Waals surface area contributed by atoms with E-state index in [9.17, 15) is 9.18 Å². The molecule has 2 aromatic heterocycles. The average molecular weight is 432 g/mol. The number of hydrogen-bond donors (Lipinski definition) is 1. The molecule has 2 N–H and O–H groups in total. The molecule has 2 aliphatic rings. The number of pyridine rings is 1. The largest absolute Gasteiger partial charge is 0.485 e. The van der Waals surface area contributed by atoms with Crippen LogP contribution in [-0.4, -0.2) is 44.4 Å². The maximum absolute atomic E-state index is 13.5. The molecule has 32 heavy (non-hydrogen) atoms. The van der Waals surface area contributed by atoms with Crippen molar-refractivity contribution in [2.24, 2.45) is 10.7 Å². The van der Waals surface area contributed by atoms with E-state index in [1.807, 2.05) is 6.92 Å². The number of benzene rings is 1. The number of carbonyl (C=O) groups is 1. The molecule has 0 aliphatic carbocycles. The van der Waals surface area contributed by atoms with Crippen LogP contribution in [0.4, 0.5) is 4.39 Å². The molecule has 1 amide bonds. The van der Waals surface area contributed by atoms with Gasteiger partial charge in [0.1, 0.15) is 23.5 Å². The SMILES string of the molecule is CN1C(=O)[C@]2(C[C@@](C)(Cc3ccc(F)cc3)Oc3cnc(-c4cncnc4)cc32)N=C1N. The minimum absolute atomic E-state index is 0.147. The van der Waals surface area contributed by atoms with Crippen LogP contribution in [0.2, 0.25) is 0 Å². The smallest absolute Gasteiger partial charge is 0.261 e. The molecular weight excluding hydrogens is 411 g/mol. The highest BCUT2D eigenvalue weighted by Crippen LogP contribution is 2.50. The zero-order valence-corrected chi connectivity index (χ0v) is 17.6. The van der Waals surface area contributed by atoms with Crippen molar-refractivity contribution in [2.75, 3.05) is 7.05 Å². The van der Waals surface area contributed by atoms with E-state index < -0.39 is 11.1 Å². The van der Waals surface area contributed by atoms with Gasteiger partial charge in [-0.2, -0.15) is 0 Å². The van der Waals surface area contributed by atoms with Gasteiger partial charge in [-0.3, -0.25) is 14.7 Å². The highest BCUT2D eigenvalue weighted by atomic mass is 19.1. The van der Waals surface area contributed by atoms with E-state index in [2.05, 4.69) is 19.9 Å². The van der Waals surface area contributed by atoms with Crippen LogP contribution in [0.3, 0.4) is 0 Å². The van der Waals surface area contributed by atoms with Crippen molar-refractivity contribution in [3.05, 3.63) is 72.2 Å². The van der Waals surface area contributed by atoms with E-state index >= 15 is 0 Å². The van der Waals surface area contributed by atoms with E-state index in [1.165, 1.54) is 23.4 Å². The first-order chi connectivity index (χ1) is 15.3. The molecule has 0 bridgehead atoms. The lowest BCUT2D eigenvalue weighted by Gasteiger charge is -2.43. The number of aromatic nitrogens is 3. The fourth-order valence-electron chi connectivity index (χ4n) is 4.50. The molecule has 2 aliphatic heterocycles. The normalized spacial score (nSPS) is 24.3. The number of fused-ring (bicyclic) bond motifs is 2. The summed E-state index contributed by atoms with van der Waals surface area (Å²) in [7, 11) is 1.61. The van der Waals surface area contributed by atoms with Gasteiger partial charge >= 0.3 is 0 Å². The number of nitrogens with zero attached hydrogens (tertiary/aromatic N) is 5. The molecule has 8 nitrogen and oxygen atoms in total. The number of hydrogen-bond acceptors (Lipinski definition) is 7. The minimum atomic E-state index is -1.24. The van der Waals surface area contributed by atoms with E-state index in [-0.39, 0.29) is 24.1 Å². The van der Waals surface area contributed by atoms with Gasteiger partial charge < -0.3 is 10.5 Å². The zero-order valence-electron chi connectivity index (χ0n) is 17.6. The minimum Gasteiger partial charge on any atom is -0.485 e. The van der Waals surface area contributed by atoms with Crippen LogP contribution in [0.15, 0.2) is 60.2 Å². The van der Waals surface area contributed by atoms with Crippen molar-refractivity contribution in [1.82, 2.24) is 19.9 Å². The predicted molar refractivity (Wildman–Crippen MR) is 115 cm³/mol. The second kappa shape index (κ2) is 7.08. The highest BCUT2D eigenvalue weighted by molar-refractivity contribution is 6.07. The summed E-state index contributed by atoms with van der Waals surface area (Å²) in [6.45, 7) is 1.91. The van der Waals surface area contributed by atoms with Crippen LogP contribution in [0, 0.1) is 5.82 Å². The molecule has 1 aromatic carbocycles. The molecule has 0 saturated heterocycles. The first-order valence-corrected chi connectivity index (χ1v) is 10.1. The van der Waals surface area contributed by atoms with Gasteiger partial charge in [-0.1, -0.05) is 12.1 Å². The molecule has 0 radical (unpaired) electrons. The van der Waals surface area contributed by atoms with Gasteiger partial charge in [0.15, 0.2) is 11.5 Å². The van der Waals surface area contributed by atoms with Crippen molar-refractivity contribution in [1.29, 1.82) is 0 Å². The Bertz CT molecular complexity index is 1230. The summed E-state index contributed by atoms with van der Waals surface area (Å²) < 4.78 is 19.8. The Labute approximate surface area is 184 Å². The first kappa shape index (κ1) is 20.0. The topological polar surface area (TPSA) is 107 Å². The van der Waals surface area contributed by atoms with E-state index in [0.717, 1.165) is 5.56 Å². The van der Waals surface area contributed by atoms with Crippen molar-refractivity contribution >= 4 is 11.9 Å². The summed E-state index contributed by atoms with van der Waals surface area (Å²) in [5, 5.41) is 0. The molecule has 2 atom stereocenters. The lowest BCUT2D eigenvalue weighted by Crippen LogP contribution is -2.51. The number of ether oxygens (including phenoxy) is 1. The lowest BCUT2D eigenvalue weighted by atomic mass is 9.75. The summed E-state index contributed by atoms with van der Waals surface area (Å²) in [5.41, 5.74) is 6.83. The average Bonchev–Trinajstić information content (AvgIpc) is 2.99. The Morgan fingerprint density at radius 2 is 1.91 bits per heavy atom. The van der Waals surface area contributed by atoms with Gasteiger partial charge in [-0.15, -0.1) is 0 Å². The van der Waals surface area contributed by atoms with Gasteiger partial charge in [0.2, 0.25) is 0 Å². The van der Waals surface area contributed by atoms with Crippen LogP contribution in [0.25, 0.3) is 11.3 Å². The number of aliphatic imine (C=N–C) groups is 1. The molecular formula is C23H21FN6O2. The number of guanidine groups is 1. The van der Waals surface area contributed by atoms with Crippen molar-refractivity contribution in [3.8, 4) is 17.0 Å².